The van der Waals surface area contributed by atoms with E-state index < -0.39 is 23.5 Å². The van der Waals surface area contributed by atoms with Crippen molar-refractivity contribution in [3.63, 3.8) is 0 Å². The van der Waals surface area contributed by atoms with Gasteiger partial charge in [-0.1, -0.05) is 12.6 Å². The Kier molecular flexibility index (Phi) is 8.66. The molecule has 2 aromatic carbocycles. The van der Waals surface area contributed by atoms with E-state index in [1.165, 1.54) is 18.4 Å². The monoisotopic (exact) mass is 713 g/mol. The molecule has 1 aliphatic rings. The molecule has 5 heterocycles. The number of pyridine rings is 1. The molecular weight excluding hydrogens is 680 g/mol. The highest BCUT2D eigenvalue weighted by atomic mass is 32.1. The first-order chi connectivity index (χ1) is 24.4. The van der Waals surface area contributed by atoms with Gasteiger partial charge in [-0.3, -0.25) is 14.3 Å². The van der Waals surface area contributed by atoms with Gasteiger partial charge in [0.1, 0.15) is 47.0 Å². The average molecular weight is 714 g/mol. The number of aromatic nitrogens is 5. The summed E-state index contributed by atoms with van der Waals surface area (Å²) in [5, 5.41) is 8.90. The quantitative estimate of drug-likeness (QED) is 0.131. The van der Waals surface area contributed by atoms with Crippen LogP contribution in [0.15, 0.2) is 54.4 Å². The molecule has 2 atom stereocenters. The number of imidazole rings is 1. The van der Waals surface area contributed by atoms with Crippen LogP contribution in [-0.4, -0.2) is 60.7 Å². The maximum Gasteiger partial charge on any atom is 0.246 e. The molecule has 0 aliphatic carbocycles. The van der Waals surface area contributed by atoms with Crippen LogP contribution in [0.5, 0.6) is 5.75 Å². The molecule has 2 amide bonds. The first-order valence-electron chi connectivity index (χ1n) is 16.3. The summed E-state index contributed by atoms with van der Waals surface area (Å²) in [4.78, 5) is 35.7. The predicted octanol–water partition coefficient (Wildman–Crippen LogP) is 7.27. The third kappa shape index (κ3) is 5.82. The van der Waals surface area contributed by atoms with Crippen molar-refractivity contribution >= 4 is 44.3 Å². The van der Waals surface area contributed by atoms with Crippen LogP contribution < -0.4 is 10.1 Å². The van der Waals surface area contributed by atoms with Crippen LogP contribution in [-0.2, 0) is 16.6 Å². The molecular formula is C37H34F3N7O3S. The number of carbonyl (C=O) groups is 2. The molecule has 0 radical (unpaired) electrons. The SMILES string of the molecule is C=CC(=O)N1C[C@H](C)n2nc(-c3nc(-c4ccc5c(c4)nc(C)n5C)c4scc(F)c4c3-c3c(F)cc(F)cc3OCCNC(C)=O)cc2[C@H]1C. The van der Waals surface area contributed by atoms with Crippen molar-refractivity contribution in [2.75, 3.05) is 19.7 Å². The van der Waals surface area contributed by atoms with Gasteiger partial charge in [-0.15, -0.1) is 11.3 Å². The van der Waals surface area contributed by atoms with Gasteiger partial charge < -0.3 is 19.5 Å². The molecule has 6 aromatic rings. The minimum atomic E-state index is -0.994. The van der Waals surface area contributed by atoms with Crippen LogP contribution in [0.4, 0.5) is 13.2 Å². The van der Waals surface area contributed by atoms with Crippen molar-refractivity contribution < 1.29 is 27.5 Å². The Balaban J connectivity index is 1.52. The average Bonchev–Trinajstić information content (AvgIpc) is 3.79. The van der Waals surface area contributed by atoms with Crippen LogP contribution in [0.2, 0.25) is 0 Å². The van der Waals surface area contributed by atoms with Crippen molar-refractivity contribution in [3.8, 4) is 39.5 Å². The molecule has 0 fully saturated rings. The minimum Gasteiger partial charge on any atom is -0.491 e. The van der Waals surface area contributed by atoms with Gasteiger partial charge in [0.25, 0.3) is 0 Å². The number of amides is 2. The lowest BCUT2D eigenvalue weighted by atomic mass is 9.94. The summed E-state index contributed by atoms with van der Waals surface area (Å²) < 4.78 is 57.4. The largest absolute Gasteiger partial charge is 0.491 e. The Bertz CT molecular complexity index is 2400. The summed E-state index contributed by atoms with van der Waals surface area (Å²) in [5.41, 5.74) is 3.64. The van der Waals surface area contributed by atoms with E-state index in [0.29, 0.717) is 40.0 Å². The van der Waals surface area contributed by atoms with Gasteiger partial charge in [0.2, 0.25) is 11.8 Å². The summed E-state index contributed by atoms with van der Waals surface area (Å²) in [6.07, 6.45) is 1.26. The maximum absolute atomic E-state index is 16.3. The molecule has 51 heavy (non-hydrogen) atoms. The molecule has 4 aromatic heterocycles. The topological polar surface area (TPSA) is 107 Å². The Hall–Kier alpha value is -5.50. The summed E-state index contributed by atoms with van der Waals surface area (Å²) in [6, 6.07) is 8.52. The predicted molar refractivity (Wildman–Crippen MR) is 190 cm³/mol. The number of carbonyl (C=O) groups excluding carboxylic acids is 2. The summed E-state index contributed by atoms with van der Waals surface area (Å²) >= 11 is 1.11. The van der Waals surface area contributed by atoms with Gasteiger partial charge in [0, 0.05) is 54.5 Å². The van der Waals surface area contributed by atoms with Crippen molar-refractivity contribution in [1.29, 1.82) is 0 Å². The van der Waals surface area contributed by atoms with E-state index in [0.717, 1.165) is 34.3 Å². The van der Waals surface area contributed by atoms with Gasteiger partial charge in [0.15, 0.2) is 0 Å². The van der Waals surface area contributed by atoms with Gasteiger partial charge in [-0.2, -0.15) is 5.10 Å². The second-order valence-electron chi connectivity index (χ2n) is 12.6. The third-order valence-corrected chi connectivity index (χ3v) is 10.2. The van der Waals surface area contributed by atoms with Gasteiger partial charge >= 0.3 is 0 Å². The molecule has 1 aliphatic heterocycles. The molecule has 0 saturated heterocycles. The fourth-order valence-electron chi connectivity index (χ4n) is 6.73. The molecule has 7 rings (SSSR count). The number of rotatable bonds is 8. The second kappa shape index (κ2) is 13.0. The highest BCUT2D eigenvalue weighted by Crippen LogP contribution is 2.48. The van der Waals surface area contributed by atoms with Gasteiger partial charge in [-0.25, -0.2) is 23.1 Å². The van der Waals surface area contributed by atoms with E-state index in [4.69, 9.17) is 14.8 Å². The lowest BCUT2D eigenvalue weighted by molar-refractivity contribution is -0.129. The Morgan fingerprint density at radius 3 is 2.61 bits per heavy atom. The van der Waals surface area contributed by atoms with Crippen LogP contribution in [0.3, 0.4) is 0 Å². The Morgan fingerprint density at radius 1 is 1.08 bits per heavy atom. The van der Waals surface area contributed by atoms with Gasteiger partial charge in [-0.05, 0) is 45.0 Å². The zero-order chi connectivity index (χ0) is 36.3. The molecule has 14 heteroatoms. The standard InChI is InChI=1S/C37H34F3N7O3S/c1-7-31(49)46-16-18(2)47-29(19(46)3)15-27(44-47)36-34(32-24(39)13-23(38)14-30(32)50-11-10-41-21(5)48)33-25(40)17-51-37(33)35(43-36)22-8-9-28-26(12-22)42-20(4)45(28)6/h7-9,12-15,17-19H,1,10-11,16H2,2-6H3,(H,41,48)/t18-,19+/m0/s1. The lowest BCUT2D eigenvalue weighted by Crippen LogP contribution is -2.42. The lowest BCUT2D eigenvalue weighted by Gasteiger charge is -2.36. The maximum atomic E-state index is 16.3. The third-order valence-electron chi connectivity index (χ3n) is 9.29. The summed E-state index contributed by atoms with van der Waals surface area (Å²) in [6.45, 7) is 11.0. The molecule has 0 spiro atoms. The number of ether oxygens (including phenoxy) is 1. The number of benzene rings is 2. The van der Waals surface area contributed by atoms with Crippen LogP contribution in [0.25, 0.3) is 54.9 Å². The van der Waals surface area contributed by atoms with Crippen LogP contribution in [0.1, 0.15) is 44.4 Å². The Labute approximate surface area is 295 Å². The summed E-state index contributed by atoms with van der Waals surface area (Å²) in [5.74, 6) is -2.44. The number of hydrogen-bond acceptors (Lipinski definition) is 7. The number of fused-ring (bicyclic) bond motifs is 3. The van der Waals surface area contributed by atoms with Crippen molar-refractivity contribution in [2.45, 2.75) is 39.8 Å². The van der Waals surface area contributed by atoms with E-state index >= 15 is 8.78 Å². The van der Waals surface area contributed by atoms with Crippen molar-refractivity contribution in [3.05, 3.63) is 83.4 Å². The van der Waals surface area contributed by atoms with E-state index in [1.54, 1.807) is 15.6 Å². The highest BCUT2D eigenvalue weighted by molar-refractivity contribution is 7.17. The number of thiophene rings is 1. The number of hydrogen-bond donors (Lipinski definition) is 1. The van der Waals surface area contributed by atoms with E-state index in [2.05, 4.69) is 16.9 Å². The van der Waals surface area contributed by atoms with E-state index in [1.807, 2.05) is 50.6 Å². The number of nitrogens with one attached hydrogen (secondary N) is 1. The molecule has 0 bridgehead atoms. The van der Waals surface area contributed by atoms with Crippen molar-refractivity contribution in [2.24, 2.45) is 7.05 Å². The zero-order valence-corrected chi connectivity index (χ0v) is 29.4. The fourth-order valence-corrected chi connectivity index (χ4v) is 7.67. The number of nitrogens with zero attached hydrogens (tertiary/aromatic N) is 6. The van der Waals surface area contributed by atoms with Crippen molar-refractivity contribution in [1.82, 2.24) is 34.5 Å². The van der Waals surface area contributed by atoms with Gasteiger partial charge in [0.05, 0.1) is 51.3 Å². The molecule has 1 N–H and O–H groups in total. The number of halogens is 3. The Morgan fingerprint density at radius 2 is 1.86 bits per heavy atom. The normalized spacial score (nSPS) is 15.7. The van der Waals surface area contributed by atoms with E-state index in [-0.39, 0.29) is 59.0 Å². The summed E-state index contributed by atoms with van der Waals surface area (Å²) in [7, 11) is 1.92. The minimum absolute atomic E-state index is 0.0315. The smallest absolute Gasteiger partial charge is 0.246 e. The molecule has 262 valence electrons. The second-order valence-corrected chi connectivity index (χ2v) is 13.5. The van der Waals surface area contributed by atoms with Crippen LogP contribution >= 0.6 is 11.3 Å². The molecule has 10 nitrogen and oxygen atoms in total. The first-order valence-corrected chi connectivity index (χ1v) is 17.2. The zero-order valence-electron chi connectivity index (χ0n) is 28.6. The molecule has 0 saturated carbocycles. The number of aryl methyl sites for hydroxylation is 2. The van der Waals surface area contributed by atoms with E-state index in [9.17, 15) is 14.0 Å². The van der Waals surface area contributed by atoms with Crippen LogP contribution in [0, 0.1) is 24.4 Å². The highest BCUT2D eigenvalue weighted by Gasteiger charge is 2.34. The first kappa shape index (κ1) is 34.0. The fraction of sp³-hybridized carbons (Fsp3) is 0.270. The molecule has 0 unspecified atom stereocenters.